The lowest BCUT2D eigenvalue weighted by molar-refractivity contribution is 0.399. The number of aryl methyl sites for hydroxylation is 1. The Labute approximate surface area is 109 Å². The molecule has 0 saturated carbocycles. The molecule has 0 atom stereocenters. The summed E-state index contributed by atoms with van der Waals surface area (Å²) in [5, 5.41) is 8.17. The van der Waals surface area contributed by atoms with Crippen molar-refractivity contribution in [2.75, 3.05) is 0 Å². The molecular weight excluding hydrogens is 280 g/mol. The van der Waals surface area contributed by atoms with Crippen LogP contribution in [0, 0.1) is 6.92 Å². The molecule has 0 bridgehead atoms. The Bertz CT molecular complexity index is 541. The Kier molecular flexibility index (Phi) is 3.08. The minimum absolute atomic E-state index is 0.118. The van der Waals surface area contributed by atoms with E-state index < -0.39 is 0 Å². The van der Waals surface area contributed by atoms with Crippen molar-refractivity contribution in [1.29, 1.82) is 0 Å². The minimum atomic E-state index is -0.118. The molecular formula is C13H15BrN2O. The zero-order valence-corrected chi connectivity index (χ0v) is 12.0. The second kappa shape index (κ2) is 4.26. The van der Waals surface area contributed by atoms with Crippen LogP contribution in [0.4, 0.5) is 0 Å². The first-order valence-electron chi connectivity index (χ1n) is 5.48. The third-order valence-corrected chi connectivity index (χ3v) is 3.34. The van der Waals surface area contributed by atoms with E-state index in [1.165, 1.54) is 5.56 Å². The predicted octanol–water partition coefficient (Wildman–Crippen LogP) is 4.11. The van der Waals surface area contributed by atoms with Gasteiger partial charge in [-0.25, -0.2) is 0 Å². The molecule has 3 nitrogen and oxygen atoms in total. The average Bonchev–Trinajstić information content (AvgIpc) is 2.70. The highest BCUT2D eigenvalue weighted by molar-refractivity contribution is 9.10. The lowest BCUT2D eigenvalue weighted by atomic mass is 9.97. The molecule has 0 amide bonds. The normalized spacial score (nSPS) is 11.8. The SMILES string of the molecule is Cc1ccc(-c2nnc(C(C)(C)C)o2)cc1Br. The van der Waals surface area contributed by atoms with Crippen molar-refractivity contribution >= 4 is 15.9 Å². The van der Waals surface area contributed by atoms with Crippen LogP contribution in [0.5, 0.6) is 0 Å². The number of rotatable bonds is 1. The maximum atomic E-state index is 5.69. The summed E-state index contributed by atoms with van der Waals surface area (Å²) in [7, 11) is 0. The molecule has 1 aromatic carbocycles. The van der Waals surface area contributed by atoms with Gasteiger partial charge in [-0.3, -0.25) is 0 Å². The summed E-state index contributed by atoms with van der Waals surface area (Å²) < 4.78 is 6.73. The Balaban J connectivity index is 2.40. The maximum absolute atomic E-state index is 5.69. The maximum Gasteiger partial charge on any atom is 0.247 e. The van der Waals surface area contributed by atoms with E-state index >= 15 is 0 Å². The van der Waals surface area contributed by atoms with Gasteiger partial charge in [0.15, 0.2) is 0 Å². The van der Waals surface area contributed by atoms with Gasteiger partial charge in [-0.1, -0.05) is 42.8 Å². The van der Waals surface area contributed by atoms with Gasteiger partial charge >= 0.3 is 0 Å². The summed E-state index contributed by atoms with van der Waals surface area (Å²) in [5.41, 5.74) is 2.00. The third kappa shape index (κ3) is 2.57. The van der Waals surface area contributed by atoms with Crippen LogP contribution in [0.25, 0.3) is 11.5 Å². The molecule has 17 heavy (non-hydrogen) atoms. The molecule has 1 heterocycles. The first kappa shape index (κ1) is 12.3. The quantitative estimate of drug-likeness (QED) is 0.795. The molecule has 0 saturated heterocycles. The van der Waals surface area contributed by atoms with Gasteiger partial charge in [-0.05, 0) is 24.6 Å². The molecule has 2 rings (SSSR count). The van der Waals surface area contributed by atoms with Crippen LogP contribution in [0.1, 0.15) is 32.2 Å². The van der Waals surface area contributed by atoms with Gasteiger partial charge in [0.1, 0.15) is 0 Å². The fraction of sp³-hybridized carbons (Fsp3) is 0.385. The molecule has 0 aliphatic rings. The monoisotopic (exact) mass is 294 g/mol. The summed E-state index contributed by atoms with van der Waals surface area (Å²) in [5.74, 6) is 1.22. The van der Waals surface area contributed by atoms with Crippen LogP contribution in [0.15, 0.2) is 27.1 Å². The summed E-state index contributed by atoms with van der Waals surface area (Å²) in [4.78, 5) is 0. The lowest BCUT2D eigenvalue weighted by Crippen LogP contribution is -2.11. The zero-order chi connectivity index (χ0) is 12.6. The fourth-order valence-electron chi connectivity index (χ4n) is 1.37. The van der Waals surface area contributed by atoms with Crippen molar-refractivity contribution in [3.05, 3.63) is 34.1 Å². The van der Waals surface area contributed by atoms with Crippen molar-refractivity contribution < 1.29 is 4.42 Å². The molecule has 0 aliphatic carbocycles. The van der Waals surface area contributed by atoms with E-state index in [4.69, 9.17) is 4.42 Å². The van der Waals surface area contributed by atoms with Crippen LogP contribution in [-0.2, 0) is 5.41 Å². The Hall–Kier alpha value is -1.16. The van der Waals surface area contributed by atoms with Crippen molar-refractivity contribution in [3.8, 4) is 11.5 Å². The molecule has 2 aromatic rings. The highest BCUT2D eigenvalue weighted by atomic mass is 79.9. The summed E-state index contributed by atoms with van der Waals surface area (Å²) in [6.45, 7) is 8.20. The van der Waals surface area contributed by atoms with Gasteiger partial charge in [-0.2, -0.15) is 0 Å². The molecule has 1 aromatic heterocycles. The van der Waals surface area contributed by atoms with Crippen LogP contribution in [0.2, 0.25) is 0 Å². The second-order valence-electron chi connectivity index (χ2n) is 5.13. The number of nitrogens with zero attached hydrogens (tertiary/aromatic N) is 2. The van der Waals surface area contributed by atoms with Crippen molar-refractivity contribution in [1.82, 2.24) is 10.2 Å². The van der Waals surface area contributed by atoms with Gasteiger partial charge in [0.2, 0.25) is 11.8 Å². The fourth-order valence-corrected chi connectivity index (χ4v) is 1.75. The van der Waals surface area contributed by atoms with Crippen LogP contribution in [-0.4, -0.2) is 10.2 Å². The minimum Gasteiger partial charge on any atom is -0.420 e. The molecule has 0 radical (unpaired) electrons. The topological polar surface area (TPSA) is 38.9 Å². The Morgan fingerprint density at radius 3 is 2.41 bits per heavy atom. The van der Waals surface area contributed by atoms with Crippen LogP contribution in [0.3, 0.4) is 0 Å². The highest BCUT2D eigenvalue weighted by Crippen LogP contribution is 2.27. The van der Waals surface area contributed by atoms with E-state index in [0.717, 1.165) is 10.0 Å². The van der Waals surface area contributed by atoms with E-state index in [1.54, 1.807) is 0 Å². The average molecular weight is 295 g/mol. The van der Waals surface area contributed by atoms with Crippen LogP contribution < -0.4 is 0 Å². The van der Waals surface area contributed by atoms with E-state index in [9.17, 15) is 0 Å². The smallest absolute Gasteiger partial charge is 0.247 e. The highest BCUT2D eigenvalue weighted by Gasteiger charge is 2.21. The Morgan fingerprint density at radius 2 is 1.88 bits per heavy atom. The first-order chi connectivity index (χ1) is 7.88. The number of benzene rings is 1. The van der Waals surface area contributed by atoms with E-state index in [1.807, 2.05) is 25.1 Å². The van der Waals surface area contributed by atoms with Crippen molar-refractivity contribution in [3.63, 3.8) is 0 Å². The molecule has 0 spiro atoms. The number of hydrogen-bond acceptors (Lipinski definition) is 3. The van der Waals surface area contributed by atoms with E-state index in [0.29, 0.717) is 11.8 Å². The summed E-state index contributed by atoms with van der Waals surface area (Å²) >= 11 is 3.50. The van der Waals surface area contributed by atoms with Gasteiger partial charge in [0.05, 0.1) is 0 Å². The summed E-state index contributed by atoms with van der Waals surface area (Å²) in [6.07, 6.45) is 0. The molecule has 90 valence electrons. The number of hydrogen-bond donors (Lipinski definition) is 0. The molecule has 4 heteroatoms. The number of halogens is 1. The second-order valence-corrected chi connectivity index (χ2v) is 5.98. The van der Waals surface area contributed by atoms with E-state index in [2.05, 4.69) is 46.9 Å². The van der Waals surface area contributed by atoms with Gasteiger partial charge in [0.25, 0.3) is 0 Å². The molecule has 0 unspecified atom stereocenters. The standard InChI is InChI=1S/C13H15BrN2O/c1-8-5-6-9(7-10(8)14)11-15-16-12(17-11)13(2,3)4/h5-7H,1-4H3. The van der Waals surface area contributed by atoms with E-state index in [-0.39, 0.29) is 5.41 Å². The van der Waals surface area contributed by atoms with Crippen molar-refractivity contribution in [2.45, 2.75) is 33.1 Å². The molecule has 0 aliphatic heterocycles. The third-order valence-electron chi connectivity index (χ3n) is 2.49. The largest absolute Gasteiger partial charge is 0.420 e. The Morgan fingerprint density at radius 1 is 1.18 bits per heavy atom. The lowest BCUT2D eigenvalue weighted by Gasteiger charge is -2.11. The zero-order valence-electron chi connectivity index (χ0n) is 10.4. The predicted molar refractivity (Wildman–Crippen MR) is 70.9 cm³/mol. The van der Waals surface area contributed by atoms with Gasteiger partial charge in [0, 0.05) is 15.5 Å². The van der Waals surface area contributed by atoms with Gasteiger partial charge in [-0.15, -0.1) is 10.2 Å². The first-order valence-corrected chi connectivity index (χ1v) is 6.28. The van der Waals surface area contributed by atoms with Gasteiger partial charge < -0.3 is 4.42 Å². The molecule has 0 fully saturated rings. The van der Waals surface area contributed by atoms with Crippen LogP contribution >= 0.6 is 15.9 Å². The van der Waals surface area contributed by atoms with Crippen molar-refractivity contribution in [2.24, 2.45) is 0 Å². The number of aromatic nitrogens is 2. The molecule has 0 N–H and O–H groups in total. The summed E-state index contributed by atoms with van der Waals surface area (Å²) in [6, 6.07) is 6.01.